The number of carbonyl (C=O) groups is 2. The summed E-state index contributed by atoms with van der Waals surface area (Å²) in [4.78, 5) is 24.0. The van der Waals surface area contributed by atoms with Crippen LogP contribution in [-0.4, -0.2) is 11.8 Å². The van der Waals surface area contributed by atoms with Crippen molar-refractivity contribution in [3.63, 3.8) is 0 Å². The van der Waals surface area contributed by atoms with E-state index in [0.717, 1.165) is 23.2 Å². The van der Waals surface area contributed by atoms with Crippen LogP contribution in [0.4, 0.5) is 17.1 Å². The van der Waals surface area contributed by atoms with Crippen LogP contribution in [0.3, 0.4) is 0 Å². The molecule has 0 spiro atoms. The predicted molar refractivity (Wildman–Crippen MR) is 97.9 cm³/mol. The van der Waals surface area contributed by atoms with Crippen LogP contribution < -0.4 is 16.4 Å². The topological polar surface area (TPSA) is 84.2 Å². The van der Waals surface area contributed by atoms with Gasteiger partial charge in [-0.25, -0.2) is 0 Å². The number of hydrogen-bond acceptors (Lipinski definition) is 3. The quantitative estimate of drug-likeness (QED) is 0.711. The minimum atomic E-state index is -0.111. The van der Waals surface area contributed by atoms with Gasteiger partial charge in [0, 0.05) is 23.5 Å². The lowest BCUT2D eigenvalue weighted by Crippen LogP contribution is -2.16. The summed E-state index contributed by atoms with van der Waals surface area (Å²) in [7, 11) is 0. The molecule has 5 heteroatoms. The largest absolute Gasteiger partial charge is 0.399 e. The molecule has 4 N–H and O–H groups in total. The molecule has 0 aliphatic rings. The number of nitrogen functional groups attached to an aromatic ring is 1. The maximum Gasteiger partial charge on any atom is 0.228 e. The monoisotopic (exact) mass is 325 g/mol. The number of rotatable bonds is 6. The third-order valence-corrected chi connectivity index (χ3v) is 3.70. The van der Waals surface area contributed by atoms with Gasteiger partial charge in [-0.1, -0.05) is 25.1 Å². The minimum absolute atomic E-state index is 0.0223. The number of nitrogens with one attached hydrogen (secondary N) is 2. The van der Waals surface area contributed by atoms with Gasteiger partial charge in [-0.05, 0) is 48.7 Å². The third kappa shape index (κ3) is 4.84. The van der Waals surface area contributed by atoms with Gasteiger partial charge in [-0.3, -0.25) is 9.59 Å². The zero-order valence-corrected chi connectivity index (χ0v) is 14.1. The molecule has 0 radical (unpaired) electrons. The Morgan fingerprint density at radius 2 is 1.54 bits per heavy atom. The summed E-state index contributed by atoms with van der Waals surface area (Å²) in [5, 5.41) is 5.77. The normalized spacial score (nSPS) is 10.2. The number of anilines is 3. The lowest BCUT2D eigenvalue weighted by atomic mass is 10.1. The van der Waals surface area contributed by atoms with Crippen molar-refractivity contribution in [3.05, 3.63) is 53.6 Å². The molecular formula is C19H23N3O2. The summed E-state index contributed by atoms with van der Waals surface area (Å²) in [5.41, 5.74) is 9.47. The second-order valence-electron chi connectivity index (χ2n) is 5.74. The van der Waals surface area contributed by atoms with Crippen LogP contribution in [0.2, 0.25) is 0 Å². The van der Waals surface area contributed by atoms with E-state index in [1.165, 1.54) is 0 Å². The Morgan fingerprint density at radius 1 is 0.958 bits per heavy atom. The van der Waals surface area contributed by atoms with Crippen molar-refractivity contribution < 1.29 is 9.59 Å². The highest BCUT2D eigenvalue weighted by atomic mass is 16.2. The molecular weight excluding hydrogens is 302 g/mol. The summed E-state index contributed by atoms with van der Waals surface area (Å²) in [6.45, 7) is 3.83. The van der Waals surface area contributed by atoms with Crippen LogP contribution in [0.25, 0.3) is 0 Å². The Bertz CT molecular complexity index is 724. The van der Waals surface area contributed by atoms with Gasteiger partial charge in [-0.15, -0.1) is 0 Å². The first kappa shape index (κ1) is 17.5. The van der Waals surface area contributed by atoms with Gasteiger partial charge >= 0.3 is 0 Å². The van der Waals surface area contributed by atoms with Crippen LogP contribution in [-0.2, 0) is 16.0 Å². The van der Waals surface area contributed by atoms with Crippen molar-refractivity contribution in [1.29, 1.82) is 0 Å². The molecule has 126 valence electrons. The van der Waals surface area contributed by atoms with E-state index in [1.54, 1.807) is 12.1 Å². The van der Waals surface area contributed by atoms with Crippen molar-refractivity contribution in [2.45, 2.75) is 33.1 Å². The average molecular weight is 325 g/mol. The van der Waals surface area contributed by atoms with E-state index in [0.29, 0.717) is 17.8 Å². The Balaban J connectivity index is 2.05. The standard InChI is InChI=1S/C19H23N3O2/c1-3-5-18(23)21-16-6-4-7-17(13(16)2)22-19(24)12-14-8-10-15(20)11-9-14/h4,6-11H,3,5,12,20H2,1-2H3,(H,21,23)(H,22,24). The average Bonchev–Trinajstić information content (AvgIpc) is 2.54. The highest BCUT2D eigenvalue weighted by molar-refractivity contribution is 5.96. The maximum atomic E-state index is 12.2. The molecule has 2 amide bonds. The van der Waals surface area contributed by atoms with Gasteiger partial charge in [0.25, 0.3) is 0 Å². The van der Waals surface area contributed by atoms with E-state index >= 15 is 0 Å². The zero-order valence-electron chi connectivity index (χ0n) is 14.1. The SMILES string of the molecule is CCCC(=O)Nc1cccc(NC(=O)Cc2ccc(N)cc2)c1C. The number of carbonyl (C=O) groups excluding carboxylic acids is 2. The molecule has 0 atom stereocenters. The van der Waals surface area contributed by atoms with Crippen molar-refractivity contribution in [1.82, 2.24) is 0 Å². The zero-order chi connectivity index (χ0) is 17.5. The van der Waals surface area contributed by atoms with Crippen molar-refractivity contribution >= 4 is 28.9 Å². The van der Waals surface area contributed by atoms with Crippen LogP contribution in [0.1, 0.15) is 30.9 Å². The van der Waals surface area contributed by atoms with E-state index in [9.17, 15) is 9.59 Å². The fourth-order valence-corrected chi connectivity index (χ4v) is 2.36. The molecule has 5 nitrogen and oxygen atoms in total. The summed E-state index contributed by atoms with van der Waals surface area (Å²) in [6, 6.07) is 12.7. The second-order valence-corrected chi connectivity index (χ2v) is 5.74. The van der Waals surface area contributed by atoms with Gasteiger partial charge in [0.1, 0.15) is 0 Å². The molecule has 0 saturated carbocycles. The van der Waals surface area contributed by atoms with Gasteiger partial charge in [0.15, 0.2) is 0 Å². The molecule has 0 heterocycles. The highest BCUT2D eigenvalue weighted by Crippen LogP contribution is 2.24. The number of hydrogen-bond donors (Lipinski definition) is 3. The molecule has 2 aromatic rings. The Hall–Kier alpha value is -2.82. The number of benzene rings is 2. The number of nitrogens with two attached hydrogens (primary N) is 1. The summed E-state index contributed by atoms with van der Waals surface area (Å²) in [5.74, 6) is -0.133. The fraction of sp³-hybridized carbons (Fsp3) is 0.263. The van der Waals surface area contributed by atoms with E-state index in [-0.39, 0.29) is 18.2 Å². The molecule has 2 aromatic carbocycles. The third-order valence-electron chi connectivity index (χ3n) is 3.70. The fourth-order valence-electron chi connectivity index (χ4n) is 2.36. The Kier molecular flexibility index (Phi) is 5.95. The maximum absolute atomic E-state index is 12.2. The summed E-state index contributed by atoms with van der Waals surface area (Å²) < 4.78 is 0. The van der Waals surface area contributed by atoms with E-state index < -0.39 is 0 Å². The second kappa shape index (κ2) is 8.15. The first-order chi connectivity index (χ1) is 11.5. The van der Waals surface area contributed by atoms with Gasteiger partial charge in [-0.2, -0.15) is 0 Å². The van der Waals surface area contributed by atoms with Gasteiger partial charge in [0.2, 0.25) is 11.8 Å². The van der Waals surface area contributed by atoms with Crippen molar-refractivity contribution in [2.75, 3.05) is 16.4 Å². The van der Waals surface area contributed by atoms with Crippen LogP contribution in [0.5, 0.6) is 0 Å². The molecule has 0 unspecified atom stereocenters. The molecule has 0 aliphatic carbocycles. The van der Waals surface area contributed by atoms with E-state index in [2.05, 4.69) is 10.6 Å². The molecule has 0 aliphatic heterocycles. The Morgan fingerprint density at radius 3 is 2.12 bits per heavy atom. The molecule has 2 rings (SSSR count). The van der Waals surface area contributed by atoms with E-state index in [1.807, 2.05) is 44.2 Å². The van der Waals surface area contributed by atoms with E-state index in [4.69, 9.17) is 5.73 Å². The predicted octanol–water partition coefficient (Wildman–Crippen LogP) is 3.50. The van der Waals surface area contributed by atoms with Crippen LogP contribution >= 0.6 is 0 Å². The molecule has 0 aromatic heterocycles. The van der Waals surface area contributed by atoms with Gasteiger partial charge < -0.3 is 16.4 Å². The lowest BCUT2D eigenvalue weighted by molar-refractivity contribution is -0.116. The van der Waals surface area contributed by atoms with Gasteiger partial charge in [0.05, 0.1) is 6.42 Å². The first-order valence-electron chi connectivity index (χ1n) is 8.03. The van der Waals surface area contributed by atoms with Crippen LogP contribution in [0.15, 0.2) is 42.5 Å². The first-order valence-corrected chi connectivity index (χ1v) is 8.03. The van der Waals surface area contributed by atoms with Crippen molar-refractivity contribution in [3.8, 4) is 0 Å². The smallest absolute Gasteiger partial charge is 0.228 e. The number of amides is 2. The summed E-state index contributed by atoms with van der Waals surface area (Å²) >= 11 is 0. The van der Waals surface area contributed by atoms with Crippen molar-refractivity contribution in [2.24, 2.45) is 0 Å². The molecule has 0 bridgehead atoms. The molecule has 24 heavy (non-hydrogen) atoms. The molecule has 0 fully saturated rings. The Labute approximate surface area is 142 Å². The summed E-state index contributed by atoms with van der Waals surface area (Å²) in [6.07, 6.45) is 1.54. The van der Waals surface area contributed by atoms with Crippen LogP contribution in [0, 0.1) is 6.92 Å². The highest BCUT2D eigenvalue weighted by Gasteiger charge is 2.10. The molecule has 0 saturated heterocycles. The lowest BCUT2D eigenvalue weighted by Gasteiger charge is -2.13. The minimum Gasteiger partial charge on any atom is -0.399 e.